The van der Waals surface area contributed by atoms with E-state index in [2.05, 4.69) is 24.0 Å². The lowest BCUT2D eigenvalue weighted by Crippen LogP contribution is -2.24. The Kier molecular flexibility index (Phi) is 3.82. The van der Waals surface area contributed by atoms with Crippen LogP contribution in [0.15, 0.2) is 24.3 Å². The molecule has 2 aromatic rings. The quantitative estimate of drug-likeness (QED) is 0.755. The summed E-state index contributed by atoms with van der Waals surface area (Å²) in [6.45, 7) is 7.02. The molecular formula is C20H24N2O3. The van der Waals surface area contributed by atoms with E-state index >= 15 is 0 Å². The second kappa shape index (κ2) is 5.90. The van der Waals surface area contributed by atoms with Gasteiger partial charge in [-0.15, -0.1) is 0 Å². The van der Waals surface area contributed by atoms with Gasteiger partial charge in [0.05, 0.1) is 12.2 Å². The molecule has 25 heavy (non-hydrogen) atoms. The van der Waals surface area contributed by atoms with E-state index in [1.165, 1.54) is 18.4 Å². The Labute approximate surface area is 148 Å². The highest BCUT2D eigenvalue weighted by atomic mass is 16.6. The second-order valence-corrected chi connectivity index (χ2v) is 7.35. The predicted octanol–water partition coefficient (Wildman–Crippen LogP) is 3.54. The molecule has 4 rings (SSSR count). The van der Waals surface area contributed by atoms with Crippen LogP contribution in [0.5, 0.6) is 11.8 Å². The number of fused-ring (bicyclic) bond motifs is 1. The molecule has 1 aromatic carbocycles. The standard InChI is InChI=1S/C20H24N2O3/c1-4-17-18(13(2)23)21-19-22(17)11-16(25-19)12-24-15-7-5-14(6-8-15)20(3)9-10-20/h5-8,16H,4,9-12H2,1-3H3/t16-/m0/s1. The van der Waals surface area contributed by atoms with Crippen molar-refractivity contribution in [1.29, 1.82) is 0 Å². The van der Waals surface area contributed by atoms with Crippen LogP contribution in [-0.4, -0.2) is 28.0 Å². The number of carbonyl (C=O) groups is 1. The molecule has 0 bridgehead atoms. The van der Waals surface area contributed by atoms with Crippen LogP contribution in [0.25, 0.3) is 0 Å². The predicted molar refractivity (Wildman–Crippen MR) is 94.5 cm³/mol. The number of imidazole rings is 1. The highest BCUT2D eigenvalue weighted by Crippen LogP contribution is 2.47. The minimum Gasteiger partial charge on any atom is -0.490 e. The van der Waals surface area contributed by atoms with Gasteiger partial charge in [-0.05, 0) is 42.4 Å². The van der Waals surface area contributed by atoms with Gasteiger partial charge in [-0.1, -0.05) is 26.0 Å². The SMILES string of the molecule is CCc1c(C(C)=O)nc2n1C[C@@H](COc1ccc(C3(C)CC3)cc1)O2. The molecule has 0 unspecified atom stereocenters. The normalized spacial score (nSPS) is 20.0. The van der Waals surface area contributed by atoms with Crippen molar-refractivity contribution < 1.29 is 14.3 Å². The van der Waals surface area contributed by atoms with Crippen LogP contribution < -0.4 is 9.47 Å². The Balaban J connectivity index is 1.38. The molecule has 1 fully saturated rings. The number of ether oxygens (including phenoxy) is 2. The van der Waals surface area contributed by atoms with E-state index in [0.717, 1.165) is 17.9 Å². The molecule has 0 saturated heterocycles. The zero-order chi connectivity index (χ0) is 17.6. The molecule has 5 nitrogen and oxygen atoms in total. The summed E-state index contributed by atoms with van der Waals surface area (Å²) in [4.78, 5) is 16.0. The largest absolute Gasteiger partial charge is 0.490 e. The first-order valence-electron chi connectivity index (χ1n) is 9.00. The smallest absolute Gasteiger partial charge is 0.297 e. The van der Waals surface area contributed by atoms with Gasteiger partial charge >= 0.3 is 0 Å². The number of carbonyl (C=O) groups excluding carboxylic acids is 1. The Morgan fingerprint density at radius 1 is 1.36 bits per heavy atom. The van der Waals surface area contributed by atoms with Crippen LogP contribution >= 0.6 is 0 Å². The third-order valence-corrected chi connectivity index (χ3v) is 5.35. The van der Waals surface area contributed by atoms with Crippen molar-refractivity contribution in [2.24, 2.45) is 0 Å². The Morgan fingerprint density at radius 3 is 2.68 bits per heavy atom. The first-order chi connectivity index (χ1) is 12.0. The number of hydrogen-bond donors (Lipinski definition) is 0. The molecule has 0 N–H and O–H groups in total. The van der Waals surface area contributed by atoms with Crippen LogP contribution in [0.4, 0.5) is 0 Å². The molecule has 1 saturated carbocycles. The summed E-state index contributed by atoms with van der Waals surface area (Å²) in [5, 5.41) is 0. The molecule has 0 radical (unpaired) electrons. The van der Waals surface area contributed by atoms with Crippen LogP contribution in [0.2, 0.25) is 0 Å². The molecule has 2 heterocycles. The monoisotopic (exact) mass is 340 g/mol. The lowest BCUT2D eigenvalue weighted by molar-refractivity contribution is 0.100. The number of rotatable bonds is 6. The fourth-order valence-electron chi connectivity index (χ4n) is 3.48. The fraction of sp³-hybridized carbons (Fsp3) is 0.500. The molecule has 132 valence electrons. The number of aromatic nitrogens is 2. The van der Waals surface area contributed by atoms with E-state index in [4.69, 9.17) is 9.47 Å². The average molecular weight is 340 g/mol. The van der Waals surface area contributed by atoms with E-state index in [0.29, 0.717) is 30.3 Å². The van der Waals surface area contributed by atoms with Crippen LogP contribution in [0.3, 0.4) is 0 Å². The van der Waals surface area contributed by atoms with Crippen molar-refractivity contribution in [2.45, 2.75) is 58.1 Å². The zero-order valence-electron chi connectivity index (χ0n) is 15.0. The van der Waals surface area contributed by atoms with Crippen molar-refractivity contribution in [1.82, 2.24) is 9.55 Å². The third-order valence-electron chi connectivity index (χ3n) is 5.35. The van der Waals surface area contributed by atoms with E-state index < -0.39 is 0 Å². The molecule has 2 aliphatic rings. The van der Waals surface area contributed by atoms with Gasteiger partial charge < -0.3 is 9.47 Å². The number of benzene rings is 1. The number of hydrogen-bond acceptors (Lipinski definition) is 4. The lowest BCUT2D eigenvalue weighted by atomic mass is 9.99. The van der Waals surface area contributed by atoms with E-state index in [-0.39, 0.29) is 11.9 Å². The van der Waals surface area contributed by atoms with Gasteiger partial charge in [0.2, 0.25) is 0 Å². The fourth-order valence-corrected chi connectivity index (χ4v) is 3.48. The van der Waals surface area contributed by atoms with E-state index in [9.17, 15) is 4.79 Å². The summed E-state index contributed by atoms with van der Waals surface area (Å²) >= 11 is 0. The van der Waals surface area contributed by atoms with Gasteiger partial charge in [0.1, 0.15) is 18.1 Å². The first kappa shape index (κ1) is 16.2. The van der Waals surface area contributed by atoms with Crippen LogP contribution in [0, 0.1) is 0 Å². The summed E-state index contributed by atoms with van der Waals surface area (Å²) in [5.74, 6) is 0.848. The van der Waals surface area contributed by atoms with Gasteiger partial charge in [0.25, 0.3) is 6.01 Å². The van der Waals surface area contributed by atoms with Crippen molar-refractivity contribution in [3.8, 4) is 11.8 Å². The Morgan fingerprint density at radius 2 is 2.08 bits per heavy atom. The summed E-state index contributed by atoms with van der Waals surface area (Å²) in [5.41, 5.74) is 3.25. The van der Waals surface area contributed by atoms with Crippen LogP contribution in [-0.2, 0) is 18.4 Å². The minimum absolute atomic E-state index is 0.0143. The molecule has 5 heteroatoms. The molecule has 1 aromatic heterocycles. The summed E-state index contributed by atoms with van der Waals surface area (Å²) in [7, 11) is 0. The van der Waals surface area contributed by atoms with Gasteiger partial charge in [-0.2, -0.15) is 4.98 Å². The zero-order valence-corrected chi connectivity index (χ0v) is 15.0. The average Bonchev–Trinajstić information content (AvgIpc) is 3.08. The van der Waals surface area contributed by atoms with Gasteiger partial charge in [0, 0.05) is 6.92 Å². The molecule has 0 spiro atoms. The van der Waals surface area contributed by atoms with Gasteiger partial charge in [-0.25, -0.2) is 0 Å². The highest BCUT2D eigenvalue weighted by Gasteiger charge is 2.38. The van der Waals surface area contributed by atoms with Crippen molar-refractivity contribution in [2.75, 3.05) is 6.61 Å². The van der Waals surface area contributed by atoms with Crippen LogP contribution in [0.1, 0.15) is 55.4 Å². The van der Waals surface area contributed by atoms with Crippen molar-refractivity contribution in [3.05, 3.63) is 41.2 Å². The Bertz CT molecular complexity index is 803. The van der Waals surface area contributed by atoms with E-state index in [1.54, 1.807) is 6.92 Å². The summed E-state index contributed by atoms with van der Waals surface area (Å²) < 4.78 is 13.8. The van der Waals surface area contributed by atoms with Gasteiger partial charge in [-0.3, -0.25) is 9.36 Å². The third kappa shape index (κ3) is 2.92. The molecule has 1 aliphatic carbocycles. The second-order valence-electron chi connectivity index (χ2n) is 7.35. The number of ketones is 1. The lowest BCUT2D eigenvalue weighted by Gasteiger charge is -2.13. The molecule has 0 amide bonds. The van der Waals surface area contributed by atoms with E-state index in [1.807, 2.05) is 23.6 Å². The first-order valence-corrected chi connectivity index (χ1v) is 9.00. The summed E-state index contributed by atoms with van der Waals surface area (Å²) in [6, 6.07) is 8.94. The maximum absolute atomic E-state index is 11.7. The van der Waals surface area contributed by atoms with Crippen molar-refractivity contribution >= 4 is 5.78 Å². The molecular weight excluding hydrogens is 316 g/mol. The molecule has 1 atom stereocenters. The topological polar surface area (TPSA) is 53.4 Å². The maximum atomic E-state index is 11.7. The molecule has 1 aliphatic heterocycles. The Hall–Kier alpha value is -2.30. The number of Topliss-reactive ketones (excluding diaryl/α,β-unsaturated/α-hetero) is 1. The van der Waals surface area contributed by atoms with Gasteiger partial charge in [0.15, 0.2) is 11.9 Å². The number of nitrogens with zero attached hydrogens (tertiary/aromatic N) is 2. The maximum Gasteiger partial charge on any atom is 0.297 e. The summed E-state index contributed by atoms with van der Waals surface area (Å²) in [6.07, 6.45) is 3.24. The highest BCUT2D eigenvalue weighted by molar-refractivity contribution is 5.93. The van der Waals surface area contributed by atoms with Crippen molar-refractivity contribution in [3.63, 3.8) is 0 Å². The minimum atomic E-state index is -0.0746.